The summed E-state index contributed by atoms with van der Waals surface area (Å²) < 4.78 is 0. The van der Waals surface area contributed by atoms with Crippen LogP contribution in [0.5, 0.6) is 0 Å². The molecule has 1 saturated heterocycles. The summed E-state index contributed by atoms with van der Waals surface area (Å²) >= 11 is 11.8. The highest BCUT2D eigenvalue weighted by molar-refractivity contribution is 6.36. The smallest absolute Gasteiger partial charge is 0.326 e. The zero-order valence-electron chi connectivity index (χ0n) is 9.85. The second-order valence-electron chi connectivity index (χ2n) is 5.02. The zero-order chi connectivity index (χ0) is 13.7. The van der Waals surface area contributed by atoms with Crippen LogP contribution in [0.4, 0.5) is 0 Å². The van der Waals surface area contributed by atoms with Crippen LogP contribution in [0.25, 0.3) is 0 Å². The van der Waals surface area contributed by atoms with Crippen molar-refractivity contribution in [1.82, 2.24) is 4.90 Å². The minimum Gasteiger partial charge on any atom is -0.480 e. The second-order valence-corrected chi connectivity index (χ2v) is 5.87. The fourth-order valence-corrected chi connectivity index (χ4v) is 3.30. The number of halogens is 2. The summed E-state index contributed by atoms with van der Waals surface area (Å²) in [6.45, 7) is 0.499. The van der Waals surface area contributed by atoms with Crippen LogP contribution in [0.1, 0.15) is 16.8 Å². The van der Waals surface area contributed by atoms with E-state index in [4.69, 9.17) is 23.2 Å². The predicted octanol–water partition coefficient (Wildman–Crippen LogP) is 2.54. The maximum atomic E-state index is 12.4. The van der Waals surface area contributed by atoms with E-state index in [1.807, 2.05) is 0 Å². The van der Waals surface area contributed by atoms with E-state index in [0.717, 1.165) is 6.42 Å². The Morgan fingerprint density at radius 2 is 2.05 bits per heavy atom. The van der Waals surface area contributed by atoms with Crippen molar-refractivity contribution < 1.29 is 14.7 Å². The molecule has 1 aliphatic carbocycles. The third-order valence-corrected chi connectivity index (χ3v) is 4.37. The fraction of sp³-hybridized carbons (Fsp3) is 0.385. The highest BCUT2D eigenvalue weighted by atomic mass is 35.5. The lowest BCUT2D eigenvalue weighted by Gasteiger charge is -2.24. The molecule has 0 radical (unpaired) electrons. The lowest BCUT2D eigenvalue weighted by Crippen LogP contribution is -2.43. The summed E-state index contributed by atoms with van der Waals surface area (Å²) in [6, 6.07) is 3.88. The van der Waals surface area contributed by atoms with Crippen LogP contribution < -0.4 is 0 Å². The molecule has 19 heavy (non-hydrogen) atoms. The largest absolute Gasteiger partial charge is 0.480 e. The number of hydrogen-bond donors (Lipinski definition) is 1. The highest BCUT2D eigenvalue weighted by Gasteiger charge is 2.57. The molecule has 1 heterocycles. The summed E-state index contributed by atoms with van der Waals surface area (Å²) in [5.41, 5.74) is 0.304. The van der Waals surface area contributed by atoms with Crippen LogP contribution in [-0.2, 0) is 4.79 Å². The number of aliphatic carboxylic acids is 1. The molecule has 3 atom stereocenters. The number of carboxylic acids is 1. The Kier molecular flexibility index (Phi) is 2.95. The first-order chi connectivity index (χ1) is 8.99. The molecule has 1 amide bonds. The first kappa shape index (κ1) is 12.8. The number of hydrogen-bond acceptors (Lipinski definition) is 2. The van der Waals surface area contributed by atoms with Gasteiger partial charge in [-0.05, 0) is 36.5 Å². The average molecular weight is 300 g/mol. The summed E-state index contributed by atoms with van der Waals surface area (Å²) in [5, 5.41) is 9.94. The number of carbonyl (C=O) groups excluding carboxylic acids is 1. The third-order valence-electron chi connectivity index (χ3n) is 3.83. The van der Waals surface area contributed by atoms with Gasteiger partial charge in [0, 0.05) is 11.6 Å². The minimum atomic E-state index is -0.941. The van der Waals surface area contributed by atoms with Crippen molar-refractivity contribution in [3.8, 4) is 0 Å². The quantitative estimate of drug-likeness (QED) is 0.913. The first-order valence-corrected chi connectivity index (χ1v) is 6.73. The molecule has 100 valence electrons. The molecule has 2 aliphatic rings. The lowest BCUT2D eigenvalue weighted by atomic mass is 10.1. The van der Waals surface area contributed by atoms with Gasteiger partial charge in [-0.25, -0.2) is 4.79 Å². The minimum absolute atomic E-state index is 0.104. The monoisotopic (exact) mass is 299 g/mol. The van der Waals surface area contributed by atoms with E-state index >= 15 is 0 Å². The van der Waals surface area contributed by atoms with Gasteiger partial charge in [-0.2, -0.15) is 0 Å². The Labute approximate surface area is 119 Å². The fourth-order valence-electron chi connectivity index (χ4n) is 2.81. The Bertz CT molecular complexity index is 575. The predicted molar refractivity (Wildman–Crippen MR) is 70.5 cm³/mol. The molecular weight excluding hydrogens is 289 g/mol. The Hall–Kier alpha value is -1.26. The summed E-state index contributed by atoms with van der Waals surface area (Å²) in [6.07, 6.45) is 0.898. The van der Waals surface area contributed by atoms with E-state index in [1.165, 1.54) is 17.0 Å². The van der Waals surface area contributed by atoms with E-state index in [2.05, 4.69) is 0 Å². The van der Waals surface area contributed by atoms with Crippen molar-refractivity contribution in [2.75, 3.05) is 6.54 Å². The molecule has 1 saturated carbocycles. The van der Waals surface area contributed by atoms with Crippen LogP contribution in [0, 0.1) is 11.8 Å². The van der Waals surface area contributed by atoms with Gasteiger partial charge in [0.1, 0.15) is 6.04 Å². The topological polar surface area (TPSA) is 57.6 Å². The maximum absolute atomic E-state index is 12.4. The molecule has 1 N–H and O–H groups in total. The molecule has 2 fully saturated rings. The molecular formula is C13H11Cl2NO3. The average Bonchev–Trinajstić information content (AvgIpc) is 2.98. The van der Waals surface area contributed by atoms with Gasteiger partial charge in [0.05, 0.1) is 10.6 Å². The van der Waals surface area contributed by atoms with Crippen LogP contribution in [-0.4, -0.2) is 34.5 Å². The molecule has 0 spiro atoms. The van der Waals surface area contributed by atoms with Crippen molar-refractivity contribution in [1.29, 1.82) is 0 Å². The Balaban J connectivity index is 1.89. The van der Waals surface area contributed by atoms with Gasteiger partial charge >= 0.3 is 5.97 Å². The number of rotatable bonds is 2. The lowest BCUT2D eigenvalue weighted by molar-refractivity contribution is -0.142. The second kappa shape index (κ2) is 4.39. The number of nitrogens with zero attached hydrogens (tertiary/aromatic N) is 1. The molecule has 1 aromatic rings. The first-order valence-electron chi connectivity index (χ1n) is 5.98. The maximum Gasteiger partial charge on any atom is 0.326 e. The van der Waals surface area contributed by atoms with Crippen LogP contribution in [0.15, 0.2) is 18.2 Å². The number of fused-ring (bicyclic) bond motifs is 1. The molecule has 0 aromatic heterocycles. The van der Waals surface area contributed by atoms with Crippen molar-refractivity contribution in [2.45, 2.75) is 12.5 Å². The van der Waals surface area contributed by atoms with Gasteiger partial charge in [-0.3, -0.25) is 4.79 Å². The number of benzene rings is 1. The number of likely N-dealkylation sites (tertiary alicyclic amines) is 1. The van der Waals surface area contributed by atoms with E-state index in [1.54, 1.807) is 6.07 Å². The van der Waals surface area contributed by atoms with Gasteiger partial charge in [0.25, 0.3) is 5.91 Å². The molecule has 0 bridgehead atoms. The van der Waals surface area contributed by atoms with E-state index in [0.29, 0.717) is 23.0 Å². The van der Waals surface area contributed by atoms with Gasteiger partial charge in [0.2, 0.25) is 0 Å². The van der Waals surface area contributed by atoms with Crippen molar-refractivity contribution in [2.24, 2.45) is 11.8 Å². The molecule has 6 heteroatoms. The van der Waals surface area contributed by atoms with Gasteiger partial charge < -0.3 is 10.0 Å². The molecule has 1 aromatic carbocycles. The van der Waals surface area contributed by atoms with Crippen molar-refractivity contribution >= 4 is 35.1 Å². The van der Waals surface area contributed by atoms with Crippen LogP contribution >= 0.6 is 23.2 Å². The van der Waals surface area contributed by atoms with Gasteiger partial charge in [-0.1, -0.05) is 23.2 Å². The SMILES string of the molecule is O=C(O)[C@@H]1[C@H]2C[C@H]2CN1C(=O)c1ccc(Cl)cc1Cl. The Morgan fingerprint density at radius 1 is 1.32 bits per heavy atom. The number of carbonyl (C=O) groups is 2. The van der Waals surface area contributed by atoms with Crippen LogP contribution in [0.2, 0.25) is 10.0 Å². The number of amides is 1. The summed E-state index contributed by atoms with van der Waals surface area (Å²) in [4.78, 5) is 25.1. The Morgan fingerprint density at radius 3 is 2.68 bits per heavy atom. The van der Waals surface area contributed by atoms with Gasteiger partial charge in [-0.15, -0.1) is 0 Å². The van der Waals surface area contributed by atoms with E-state index in [9.17, 15) is 14.7 Å². The number of carboxylic acid groups (broad SMARTS) is 1. The summed E-state index contributed by atoms with van der Waals surface area (Å²) in [7, 11) is 0. The van der Waals surface area contributed by atoms with Gasteiger partial charge in [0.15, 0.2) is 0 Å². The van der Waals surface area contributed by atoms with E-state index in [-0.39, 0.29) is 16.8 Å². The summed E-state index contributed by atoms with van der Waals surface area (Å²) in [5.74, 6) is -0.839. The highest BCUT2D eigenvalue weighted by Crippen LogP contribution is 2.50. The van der Waals surface area contributed by atoms with Crippen LogP contribution in [0.3, 0.4) is 0 Å². The molecule has 1 aliphatic heterocycles. The molecule has 4 nitrogen and oxygen atoms in total. The number of piperidine rings is 1. The zero-order valence-corrected chi connectivity index (χ0v) is 11.4. The normalized spacial score (nSPS) is 28.1. The molecule has 0 unspecified atom stereocenters. The molecule has 3 rings (SSSR count). The third kappa shape index (κ3) is 2.09. The van der Waals surface area contributed by atoms with Crippen molar-refractivity contribution in [3.05, 3.63) is 33.8 Å². The van der Waals surface area contributed by atoms with Crippen molar-refractivity contribution in [3.63, 3.8) is 0 Å². The standard InChI is InChI=1S/C13H11Cl2NO3/c14-7-1-2-8(10(15)4-7)12(17)16-5-6-3-9(6)11(16)13(18)19/h1-2,4,6,9,11H,3,5H2,(H,18,19)/t6-,9-,11-/m0/s1. The van der Waals surface area contributed by atoms with E-state index < -0.39 is 12.0 Å².